The van der Waals surface area contributed by atoms with E-state index in [2.05, 4.69) is 9.88 Å². The summed E-state index contributed by atoms with van der Waals surface area (Å²) in [5, 5.41) is 0. The van der Waals surface area contributed by atoms with Gasteiger partial charge < -0.3 is 19.5 Å². The molecule has 0 unspecified atom stereocenters. The summed E-state index contributed by atoms with van der Waals surface area (Å²) in [6, 6.07) is 12.4. The molecule has 6 heteroatoms. The molecule has 1 N–H and O–H groups in total. The molecule has 1 aromatic carbocycles. The van der Waals surface area contributed by atoms with Crippen LogP contribution in [0, 0.1) is 0 Å². The minimum Gasteiger partial charge on any atom is -0.376 e. The highest BCUT2D eigenvalue weighted by molar-refractivity contribution is 5.95. The van der Waals surface area contributed by atoms with E-state index in [4.69, 9.17) is 4.74 Å². The maximum atomic E-state index is 13.2. The Bertz CT molecular complexity index is 825. The van der Waals surface area contributed by atoms with Crippen molar-refractivity contribution in [2.75, 3.05) is 40.3 Å². The predicted octanol–water partition coefficient (Wildman–Crippen LogP) is 2.22. The molecular formula is C21H27N3O3. The van der Waals surface area contributed by atoms with Crippen molar-refractivity contribution in [1.29, 1.82) is 0 Å². The molecule has 0 spiro atoms. The maximum absolute atomic E-state index is 13.2. The Morgan fingerprint density at radius 3 is 2.70 bits per heavy atom. The van der Waals surface area contributed by atoms with Gasteiger partial charge in [-0.15, -0.1) is 0 Å². The number of amides is 1. The van der Waals surface area contributed by atoms with Crippen molar-refractivity contribution >= 4 is 5.91 Å². The van der Waals surface area contributed by atoms with E-state index in [0.717, 1.165) is 31.6 Å². The predicted molar refractivity (Wildman–Crippen MR) is 106 cm³/mol. The van der Waals surface area contributed by atoms with Crippen molar-refractivity contribution in [2.24, 2.45) is 0 Å². The van der Waals surface area contributed by atoms with E-state index in [1.54, 1.807) is 6.07 Å². The molecule has 0 saturated carbocycles. The van der Waals surface area contributed by atoms with Gasteiger partial charge in [-0.1, -0.05) is 18.2 Å². The molecule has 1 aliphatic heterocycles. The molecule has 144 valence electrons. The molecule has 0 bridgehead atoms. The van der Waals surface area contributed by atoms with Crippen molar-refractivity contribution in [3.8, 4) is 11.3 Å². The molecule has 0 radical (unpaired) electrons. The number of ether oxygens (including phenoxy) is 1. The van der Waals surface area contributed by atoms with Gasteiger partial charge in [0.2, 0.25) is 5.56 Å². The summed E-state index contributed by atoms with van der Waals surface area (Å²) >= 11 is 0. The maximum Gasteiger partial charge on any atom is 0.254 e. The monoisotopic (exact) mass is 369 g/mol. The van der Waals surface area contributed by atoms with E-state index < -0.39 is 0 Å². The number of aromatic nitrogens is 1. The van der Waals surface area contributed by atoms with Crippen LogP contribution in [0.5, 0.6) is 0 Å². The molecule has 0 aliphatic carbocycles. The number of carbonyl (C=O) groups is 1. The van der Waals surface area contributed by atoms with Crippen LogP contribution in [-0.4, -0.2) is 67.1 Å². The fourth-order valence-electron chi connectivity index (χ4n) is 3.25. The number of carbonyl (C=O) groups excluding carboxylic acids is 1. The zero-order chi connectivity index (χ0) is 19.2. The van der Waals surface area contributed by atoms with Gasteiger partial charge in [0, 0.05) is 43.6 Å². The number of aromatic amines is 1. The van der Waals surface area contributed by atoms with Gasteiger partial charge in [-0.05, 0) is 50.7 Å². The molecule has 1 saturated heterocycles. The first-order chi connectivity index (χ1) is 13.0. The van der Waals surface area contributed by atoms with E-state index in [-0.39, 0.29) is 17.6 Å². The number of nitrogens with zero attached hydrogens (tertiary/aromatic N) is 2. The number of pyridine rings is 1. The Morgan fingerprint density at radius 1 is 1.19 bits per heavy atom. The lowest BCUT2D eigenvalue weighted by molar-refractivity contribution is 0.0512. The van der Waals surface area contributed by atoms with Crippen LogP contribution < -0.4 is 5.56 Å². The summed E-state index contributed by atoms with van der Waals surface area (Å²) in [5.41, 5.74) is 1.99. The molecule has 1 fully saturated rings. The Morgan fingerprint density at radius 2 is 2.00 bits per heavy atom. The number of nitrogens with one attached hydrogen (secondary N) is 1. The summed E-state index contributed by atoms with van der Waals surface area (Å²) in [5.74, 6) is -0.00696. The van der Waals surface area contributed by atoms with Crippen LogP contribution in [0.15, 0.2) is 47.3 Å². The van der Waals surface area contributed by atoms with E-state index in [0.29, 0.717) is 24.3 Å². The lowest BCUT2D eigenvalue weighted by Gasteiger charge is -2.27. The van der Waals surface area contributed by atoms with Crippen LogP contribution in [0.4, 0.5) is 0 Å². The van der Waals surface area contributed by atoms with Gasteiger partial charge in [0.25, 0.3) is 5.91 Å². The van der Waals surface area contributed by atoms with E-state index >= 15 is 0 Å². The van der Waals surface area contributed by atoms with Crippen LogP contribution in [0.2, 0.25) is 0 Å². The third-order valence-electron chi connectivity index (χ3n) is 4.74. The fraction of sp³-hybridized carbons (Fsp3) is 0.429. The normalized spacial score (nSPS) is 16.6. The second-order valence-electron chi connectivity index (χ2n) is 7.20. The van der Waals surface area contributed by atoms with Gasteiger partial charge in [0.05, 0.1) is 6.10 Å². The number of H-pyrrole nitrogens is 1. The van der Waals surface area contributed by atoms with E-state index in [1.165, 1.54) is 6.07 Å². The number of hydrogen-bond acceptors (Lipinski definition) is 4. The van der Waals surface area contributed by atoms with Crippen LogP contribution in [0.1, 0.15) is 23.2 Å². The van der Waals surface area contributed by atoms with Gasteiger partial charge in [-0.3, -0.25) is 9.59 Å². The van der Waals surface area contributed by atoms with Crippen molar-refractivity contribution in [3.05, 3.63) is 58.4 Å². The van der Waals surface area contributed by atoms with Gasteiger partial charge >= 0.3 is 0 Å². The summed E-state index contributed by atoms with van der Waals surface area (Å²) < 4.78 is 5.74. The zero-order valence-electron chi connectivity index (χ0n) is 16.0. The molecule has 2 aromatic rings. The largest absolute Gasteiger partial charge is 0.376 e. The van der Waals surface area contributed by atoms with Crippen molar-refractivity contribution < 1.29 is 9.53 Å². The number of rotatable bonds is 7. The first kappa shape index (κ1) is 19.3. The van der Waals surface area contributed by atoms with Gasteiger partial charge in [0.15, 0.2) is 0 Å². The quantitative estimate of drug-likeness (QED) is 0.813. The fourth-order valence-corrected chi connectivity index (χ4v) is 3.25. The Hall–Kier alpha value is -2.44. The van der Waals surface area contributed by atoms with Crippen LogP contribution in [-0.2, 0) is 4.74 Å². The van der Waals surface area contributed by atoms with Crippen molar-refractivity contribution in [3.63, 3.8) is 0 Å². The highest BCUT2D eigenvalue weighted by Gasteiger charge is 2.23. The SMILES string of the molecule is CN(C)CCN(C[C@@H]1CCCO1)C(=O)c1cccc(-c2cccc(=O)[nH]2)c1. The minimum atomic E-state index is -0.157. The molecule has 1 aliphatic rings. The average molecular weight is 369 g/mol. The van der Waals surface area contributed by atoms with E-state index in [1.807, 2.05) is 49.3 Å². The zero-order valence-corrected chi connectivity index (χ0v) is 16.0. The van der Waals surface area contributed by atoms with E-state index in [9.17, 15) is 9.59 Å². The van der Waals surface area contributed by atoms with Crippen LogP contribution in [0.3, 0.4) is 0 Å². The number of likely N-dealkylation sites (N-methyl/N-ethyl adjacent to an activating group) is 1. The Kier molecular flexibility index (Phi) is 6.42. The molecule has 6 nitrogen and oxygen atoms in total. The third kappa shape index (κ3) is 5.28. The topological polar surface area (TPSA) is 65.6 Å². The number of hydrogen-bond donors (Lipinski definition) is 1. The average Bonchev–Trinajstić information content (AvgIpc) is 3.18. The molecule has 1 amide bonds. The summed E-state index contributed by atoms with van der Waals surface area (Å²) in [4.78, 5) is 31.5. The molecule has 3 rings (SSSR count). The van der Waals surface area contributed by atoms with Gasteiger partial charge in [-0.2, -0.15) is 0 Å². The smallest absolute Gasteiger partial charge is 0.254 e. The highest BCUT2D eigenvalue weighted by Crippen LogP contribution is 2.19. The number of benzene rings is 1. The van der Waals surface area contributed by atoms with Gasteiger partial charge in [0.1, 0.15) is 0 Å². The summed E-state index contributed by atoms with van der Waals surface area (Å²) in [6.07, 6.45) is 2.17. The van der Waals surface area contributed by atoms with Gasteiger partial charge in [-0.25, -0.2) is 0 Å². The third-order valence-corrected chi connectivity index (χ3v) is 4.74. The molecule has 1 atom stereocenters. The first-order valence-corrected chi connectivity index (χ1v) is 9.38. The summed E-state index contributed by atoms with van der Waals surface area (Å²) in [7, 11) is 4.00. The lowest BCUT2D eigenvalue weighted by Crippen LogP contribution is -2.41. The van der Waals surface area contributed by atoms with Crippen molar-refractivity contribution in [1.82, 2.24) is 14.8 Å². The first-order valence-electron chi connectivity index (χ1n) is 9.38. The summed E-state index contributed by atoms with van der Waals surface area (Å²) in [6.45, 7) is 2.83. The Labute approximate surface area is 159 Å². The molecule has 1 aromatic heterocycles. The standard InChI is InChI=1S/C21H27N3O3/c1-23(2)11-12-24(15-18-8-5-13-27-18)21(26)17-7-3-6-16(14-17)19-9-4-10-20(25)22-19/h3-4,6-7,9-10,14,18H,5,8,11-13,15H2,1-2H3,(H,22,25)/t18-/m0/s1. The highest BCUT2D eigenvalue weighted by atomic mass is 16.5. The van der Waals surface area contributed by atoms with Crippen molar-refractivity contribution in [2.45, 2.75) is 18.9 Å². The van der Waals surface area contributed by atoms with Crippen LogP contribution >= 0.6 is 0 Å². The Balaban J connectivity index is 1.81. The molecule has 2 heterocycles. The van der Waals surface area contributed by atoms with Crippen LogP contribution in [0.25, 0.3) is 11.3 Å². The molecular weight excluding hydrogens is 342 g/mol. The second kappa shape index (κ2) is 8.97. The lowest BCUT2D eigenvalue weighted by atomic mass is 10.1. The minimum absolute atomic E-state index is 0.00696. The molecule has 27 heavy (non-hydrogen) atoms. The second-order valence-corrected chi connectivity index (χ2v) is 7.20.